The summed E-state index contributed by atoms with van der Waals surface area (Å²) in [4.78, 5) is 1.80. The lowest BCUT2D eigenvalue weighted by Gasteiger charge is -2.16. The van der Waals surface area contributed by atoms with Crippen LogP contribution in [0.2, 0.25) is 0 Å². The van der Waals surface area contributed by atoms with Gasteiger partial charge in [0.05, 0.1) is 19.8 Å². The summed E-state index contributed by atoms with van der Waals surface area (Å²) in [5, 5.41) is 36.5. The van der Waals surface area contributed by atoms with Crippen LogP contribution in [-0.2, 0) is 0 Å². The predicted octanol–water partition coefficient (Wildman–Crippen LogP) is 1.32. The van der Waals surface area contributed by atoms with Crippen molar-refractivity contribution in [2.24, 2.45) is 20.4 Å². The molecular weight excluding hydrogens is 308 g/mol. The Balaban J connectivity index is 4.43. The molecule has 0 aliphatic heterocycles. The van der Waals surface area contributed by atoms with E-state index in [4.69, 9.17) is 10.2 Å². The molecule has 0 saturated carbocycles. The topological polar surface area (TPSA) is 105 Å². The highest BCUT2D eigenvalue weighted by Gasteiger charge is 2.01. The molecule has 0 fully saturated rings. The van der Waals surface area contributed by atoms with Gasteiger partial charge in [-0.1, -0.05) is 18.2 Å². The smallest absolute Gasteiger partial charge is 0.169 e. The molecule has 0 spiro atoms. The van der Waals surface area contributed by atoms with Gasteiger partial charge >= 0.3 is 0 Å². The predicted molar refractivity (Wildman–Crippen MR) is 98.2 cm³/mol. The first-order valence-corrected chi connectivity index (χ1v) is 7.76. The van der Waals surface area contributed by atoms with E-state index in [1.165, 1.54) is 0 Å². The molecule has 0 aromatic heterocycles. The van der Waals surface area contributed by atoms with E-state index in [0.29, 0.717) is 31.3 Å². The van der Waals surface area contributed by atoms with Crippen molar-refractivity contribution < 1.29 is 10.2 Å². The maximum Gasteiger partial charge on any atom is 0.169 e. The van der Waals surface area contributed by atoms with Crippen molar-refractivity contribution in [3.05, 3.63) is 36.6 Å². The van der Waals surface area contributed by atoms with Crippen molar-refractivity contribution in [3.8, 4) is 0 Å². The monoisotopic (exact) mass is 336 g/mol. The second-order valence-corrected chi connectivity index (χ2v) is 4.64. The molecule has 8 nitrogen and oxygen atoms in total. The molecule has 0 aromatic carbocycles. The van der Waals surface area contributed by atoms with Crippen LogP contribution in [0.5, 0.6) is 0 Å². The Morgan fingerprint density at radius 3 is 2.62 bits per heavy atom. The molecule has 0 bridgehead atoms. The van der Waals surface area contributed by atoms with E-state index in [1.54, 1.807) is 18.0 Å². The van der Waals surface area contributed by atoms with Crippen LogP contribution in [0.25, 0.3) is 0 Å². The molecule has 0 unspecified atom stereocenters. The number of hydrogen-bond acceptors (Lipinski definition) is 6. The van der Waals surface area contributed by atoms with Gasteiger partial charge < -0.3 is 20.4 Å². The van der Waals surface area contributed by atoms with Gasteiger partial charge in [0.2, 0.25) is 0 Å². The summed E-state index contributed by atoms with van der Waals surface area (Å²) in [6.45, 7) is 5.20. The zero-order chi connectivity index (χ0) is 18.0. The first kappa shape index (κ1) is 21.7. The average molecular weight is 336 g/mol. The summed E-state index contributed by atoms with van der Waals surface area (Å²) in [5.74, 6) is 1.09. The number of nitrogens with one attached hydrogen (secondary N) is 1. The van der Waals surface area contributed by atoms with Crippen molar-refractivity contribution in [1.82, 2.24) is 10.2 Å². The molecule has 0 aliphatic rings. The number of rotatable bonds is 10. The molecule has 0 aliphatic carbocycles. The number of aliphatic hydroxyl groups is 2. The van der Waals surface area contributed by atoms with Crippen molar-refractivity contribution >= 4 is 11.7 Å². The Morgan fingerprint density at radius 2 is 1.96 bits per heavy atom. The number of amidine groups is 2. The molecule has 24 heavy (non-hydrogen) atoms. The summed E-state index contributed by atoms with van der Waals surface area (Å²) in [6, 6.07) is 0. The normalized spacial score (nSPS) is 13.9. The van der Waals surface area contributed by atoms with Crippen LogP contribution in [0.3, 0.4) is 0 Å². The van der Waals surface area contributed by atoms with Crippen molar-refractivity contribution in [3.63, 3.8) is 0 Å². The number of allylic oxidation sites excluding steroid dienone is 3. The van der Waals surface area contributed by atoms with Gasteiger partial charge in [0, 0.05) is 20.1 Å². The van der Waals surface area contributed by atoms with Gasteiger partial charge in [-0.3, -0.25) is 0 Å². The standard InChI is InChI=1S/C16H28N6O2/c1-4-8-16(22(3)12-14-24)21-20-15(2)19-18-10-7-5-6-9-17-11-13-23/h4-9,17,23-24H,10-14H2,1-3H3/b7-5-,8-4-,9-6-,19-18?,20-15+,21-16+. The largest absolute Gasteiger partial charge is 0.395 e. The Morgan fingerprint density at radius 1 is 1.17 bits per heavy atom. The van der Waals surface area contributed by atoms with Crippen LogP contribution >= 0.6 is 0 Å². The lowest BCUT2D eigenvalue weighted by atomic mass is 10.4. The zero-order valence-electron chi connectivity index (χ0n) is 14.6. The molecule has 8 heteroatoms. The summed E-state index contributed by atoms with van der Waals surface area (Å²) < 4.78 is 0. The molecular formula is C16H28N6O2. The van der Waals surface area contributed by atoms with E-state index in [0.717, 1.165) is 0 Å². The van der Waals surface area contributed by atoms with E-state index in [1.807, 2.05) is 44.4 Å². The second kappa shape index (κ2) is 15.6. The van der Waals surface area contributed by atoms with Gasteiger partial charge in [-0.05, 0) is 32.2 Å². The van der Waals surface area contributed by atoms with Crippen LogP contribution in [-0.4, -0.2) is 66.7 Å². The van der Waals surface area contributed by atoms with Crippen molar-refractivity contribution in [2.75, 3.05) is 39.9 Å². The maximum atomic E-state index is 8.96. The zero-order valence-corrected chi connectivity index (χ0v) is 14.6. The molecule has 0 amide bonds. The van der Waals surface area contributed by atoms with E-state index in [-0.39, 0.29) is 13.2 Å². The van der Waals surface area contributed by atoms with Crippen molar-refractivity contribution in [1.29, 1.82) is 0 Å². The molecule has 0 saturated heterocycles. The van der Waals surface area contributed by atoms with Crippen LogP contribution in [0.15, 0.2) is 57.0 Å². The van der Waals surface area contributed by atoms with E-state index < -0.39 is 0 Å². The summed E-state index contributed by atoms with van der Waals surface area (Å²) in [7, 11) is 1.83. The minimum Gasteiger partial charge on any atom is -0.395 e. The number of nitrogens with zero attached hydrogens (tertiary/aromatic N) is 5. The third-order valence-corrected chi connectivity index (χ3v) is 2.56. The number of aliphatic hydroxyl groups excluding tert-OH is 2. The number of azo groups is 1. The van der Waals surface area contributed by atoms with Crippen LogP contribution in [0.1, 0.15) is 13.8 Å². The van der Waals surface area contributed by atoms with Gasteiger partial charge in [0.25, 0.3) is 0 Å². The van der Waals surface area contributed by atoms with Crippen LogP contribution in [0, 0.1) is 0 Å². The van der Waals surface area contributed by atoms with Gasteiger partial charge in [-0.2, -0.15) is 5.11 Å². The SMILES string of the molecule is C\C=C/C(=N\N=C(/C)N=NC/C=C\C=C/NCCO)N(C)CCO. The number of likely N-dealkylation sites (N-methyl/N-ethyl adjacent to an activating group) is 1. The Hall–Kier alpha value is -2.32. The van der Waals surface area contributed by atoms with E-state index >= 15 is 0 Å². The molecule has 3 N–H and O–H groups in total. The molecule has 134 valence electrons. The highest BCUT2D eigenvalue weighted by Crippen LogP contribution is 1.94. The Kier molecular flexibility index (Phi) is 14.1. The minimum atomic E-state index is 0.0474. The van der Waals surface area contributed by atoms with E-state index in [9.17, 15) is 0 Å². The van der Waals surface area contributed by atoms with Gasteiger partial charge in [0.1, 0.15) is 0 Å². The highest BCUT2D eigenvalue weighted by atomic mass is 16.3. The number of hydrogen-bond donors (Lipinski definition) is 3. The van der Waals surface area contributed by atoms with Crippen LogP contribution < -0.4 is 5.32 Å². The fourth-order valence-electron chi connectivity index (χ4n) is 1.40. The third kappa shape index (κ3) is 12.2. The van der Waals surface area contributed by atoms with Crippen LogP contribution in [0.4, 0.5) is 0 Å². The molecule has 0 rings (SSSR count). The summed E-state index contributed by atoms with van der Waals surface area (Å²) in [6.07, 6.45) is 10.9. The molecule has 0 aromatic rings. The van der Waals surface area contributed by atoms with Gasteiger partial charge in [-0.15, -0.1) is 15.3 Å². The highest BCUT2D eigenvalue weighted by molar-refractivity contribution is 5.93. The lowest BCUT2D eigenvalue weighted by Crippen LogP contribution is -2.27. The molecule has 0 atom stereocenters. The van der Waals surface area contributed by atoms with E-state index in [2.05, 4.69) is 25.7 Å². The maximum absolute atomic E-state index is 8.96. The van der Waals surface area contributed by atoms with Gasteiger partial charge in [-0.25, -0.2) is 0 Å². The van der Waals surface area contributed by atoms with Crippen molar-refractivity contribution in [2.45, 2.75) is 13.8 Å². The average Bonchev–Trinajstić information content (AvgIpc) is 2.57. The molecule has 0 heterocycles. The first-order valence-electron chi connectivity index (χ1n) is 7.76. The Bertz CT molecular complexity index is 495. The minimum absolute atomic E-state index is 0.0474. The quantitative estimate of drug-likeness (QED) is 0.140. The fourth-order valence-corrected chi connectivity index (χ4v) is 1.40. The first-order chi connectivity index (χ1) is 11.7. The second-order valence-electron chi connectivity index (χ2n) is 4.64. The molecule has 0 radical (unpaired) electrons. The summed E-state index contributed by atoms with van der Waals surface area (Å²) >= 11 is 0. The summed E-state index contributed by atoms with van der Waals surface area (Å²) in [5.41, 5.74) is 0. The third-order valence-electron chi connectivity index (χ3n) is 2.56. The fraction of sp³-hybridized carbons (Fsp3) is 0.500. The lowest BCUT2D eigenvalue weighted by molar-refractivity contribution is 0.264. The van der Waals surface area contributed by atoms with Gasteiger partial charge in [0.15, 0.2) is 11.7 Å². The Labute approximate surface area is 143 Å².